The van der Waals surface area contributed by atoms with E-state index in [0.29, 0.717) is 30.1 Å². The molecule has 2 atom stereocenters. The molecule has 0 aliphatic heterocycles. The number of ether oxygens (including phenoxy) is 4. The third-order valence-corrected chi connectivity index (χ3v) is 4.36. The number of rotatable bonds is 14. The fraction of sp³-hybridized carbons (Fsp3) is 0.280. The zero-order chi connectivity index (χ0) is 24.1. The van der Waals surface area contributed by atoms with Crippen molar-refractivity contribution in [3.63, 3.8) is 0 Å². The van der Waals surface area contributed by atoms with Crippen LogP contribution in [0.2, 0.25) is 0 Å². The number of carbonyl (C=O) groups is 2. The van der Waals surface area contributed by atoms with E-state index < -0.39 is 24.1 Å². The molecule has 0 aromatic heterocycles. The van der Waals surface area contributed by atoms with Crippen LogP contribution in [-0.4, -0.2) is 54.2 Å². The number of hydrogen-bond acceptors (Lipinski definition) is 8. The van der Waals surface area contributed by atoms with Crippen molar-refractivity contribution in [2.45, 2.75) is 25.0 Å². The molecule has 176 valence electrons. The SMILES string of the molecule is C=CC(=O)OCC(O)CCc1ccc(Oc2ccc(OCC(O)COC(=O)C=C)cc2)cc1. The van der Waals surface area contributed by atoms with Gasteiger partial charge in [0.15, 0.2) is 0 Å². The normalized spacial score (nSPS) is 12.2. The summed E-state index contributed by atoms with van der Waals surface area (Å²) in [6.07, 6.45) is 1.47. The van der Waals surface area contributed by atoms with Crippen molar-refractivity contribution in [1.82, 2.24) is 0 Å². The van der Waals surface area contributed by atoms with E-state index in [1.807, 2.05) is 24.3 Å². The van der Waals surface area contributed by atoms with Gasteiger partial charge in [-0.2, -0.15) is 0 Å². The highest BCUT2D eigenvalue weighted by molar-refractivity contribution is 5.81. The average molecular weight is 456 g/mol. The Morgan fingerprint density at radius 3 is 1.79 bits per heavy atom. The van der Waals surface area contributed by atoms with Crippen LogP contribution in [0.3, 0.4) is 0 Å². The fourth-order valence-corrected chi connectivity index (χ4v) is 2.60. The lowest BCUT2D eigenvalue weighted by Gasteiger charge is -2.13. The molecule has 0 radical (unpaired) electrons. The lowest BCUT2D eigenvalue weighted by molar-refractivity contribution is -0.141. The Labute approximate surface area is 192 Å². The van der Waals surface area contributed by atoms with Crippen LogP contribution in [0.4, 0.5) is 0 Å². The van der Waals surface area contributed by atoms with Gasteiger partial charge in [-0.3, -0.25) is 0 Å². The second-order valence-electron chi connectivity index (χ2n) is 7.04. The monoisotopic (exact) mass is 456 g/mol. The lowest BCUT2D eigenvalue weighted by atomic mass is 10.1. The Kier molecular flexibility index (Phi) is 10.7. The number of aliphatic hydroxyl groups is 2. The van der Waals surface area contributed by atoms with E-state index in [9.17, 15) is 19.8 Å². The van der Waals surface area contributed by atoms with E-state index in [4.69, 9.17) is 18.9 Å². The molecule has 8 heteroatoms. The smallest absolute Gasteiger partial charge is 0.330 e. The van der Waals surface area contributed by atoms with Gasteiger partial charge < -0.3 is 29.2 Å². The second kappa shape index (κ2) is 13.7. The van der Waals surface area contributed by atoms with Gasteiger partial charge in [-0.25, -0.2) is 9.59 Å². The molecule has 2 unspecified atom stereocenters. The molecule has 0 heterocycles. The molecule has 33 heavy (non-hydrogen) atoms. The second-order valence-corrected chi connectivity index (χ2v) is 7.04. The number of aliphatic hydroxyl groups excluding tert-OH is 2. The van der Waals surface area contributed by atoms with Crippen molar-refractivity contribution >= 4 is 11.9 Å². The van der Waals surface area contributed by atoms with Gasteiger partial charge in [0.05, 0.1) is 6.10 Å². The van der Waals surface area contributed by atoms with Gasteiger partial charge in [0.25, 0.3) is 0 Å². The average Bonchev–Trinajstić information content (AvgIpc) is 2.84. The Bertz CT molecular complexity index is 830. The van der Waals surface area contributed by atoms with Crippen LogP contribution >= 0.6 is 0 Å². The molecule has 0 saturated carbocycles. The first-order valence-corrected chi connectivity index (χ1v) is 10.3. The molecule has 2 aromatic carbocycles. The predicted molar refractivity (Wildman–Crippen MR) is 121 cm³/mol. The molecular formula is C25H28O8. The van der Waals surface area contributed by atoms with Crippen LogP contribution in [0.15, 0.2) is 73.8 Å². The summed E-state index contributed by atoms with van der Waals surface area (Å²) < 4.78 is 20.8. The third kappa shape index (κ3) is 10.0. The highest BCUT2D eigenvalue weighted by atomic mass is 16.6. The summed E-state index contributed by atoms with van der Waals surface area (Å²) in [6.45, 7) is 6.31. The first-order chi connectivity index (χ1) is 15.9. The summed E-state index contributed by atoms with van der Waals surface area (Å²) in [7, 11) is 0. The number of hydrogen-bond donors (Lipinski definition) is 2. The molecule has 2 N–H and O–H groups in total. The van der Waals surface area contributed by atoms with E-state index in [-0.39, 0.29) is 19.8 Å². The molecule has 8 nitrogen and oxygen atoms in total. The maximum Gasteiger partial charge on any atom is 0.330 e. The van der Waals surface area contributed by atoms with E-state index in [0.717, 1.165) is 17.7 Å². The highest BCUT2D eigenvalue weighted by Gasteiger charge is 2.09. The van der Waals surface area contributed by atoms with Crippen molar-refractivity contribution in [2.75, 3.05) is 19.8 Å². The van der Waals surface area contributed by atoms with Gasteiger partial charge in [-0.1, -0.05) is 25.3 Å². The molecule has 0 spiro atoms. The molecule has 0 aliphatic rings. The van der Waals surface area contributed by atoms with Crippen LogP contribution in [0.1, 0.15) is 12.0 Å². The van der Waals surface area contributed by atoms with Crippen molar-refractivity contribution in [3.05, 3.63) is 79.4 Å². The van der Waals surface area contributed by atoms with E-state index in [1.54, 1.807) is 24.3 Å². The van der Waals surface area contributed by atoms with Crippen molar-refractivity contribution in [1.29, 1.82) is 0 Å². The van der Waals surface area contributed by atoms with E-state index >= 15 is 0 Å². The van der Waals surface area contributed by atoms with Gasteiger partial charge in [-0.15, -0.1) is 0 Å². The largest absolute Gasteiger partial charge is 0.491 e. The molecule has 2 aromatic rings. The summed E-state index contributed by atoms with van der Waals surface area (Å²) >= 11 is 0. The summed E-state index contributed by atoms with van der Waals surface area (Å²) in [5.41, 5.74) is 1.01. The minimum atomic E-state index is -0.952. The molecule has 0 fully saturated rings. The molecular weight excluding hydrogens is 428 g/mol. The Hall–Kier alpha value is -3.62. The zero-order valence-corrected chi connectivity index (χ0v) is 18.2. The summed E-state index contributed by atoms with van der Waals surface area (Å²) in [5.74, 6) is 0.624. The Morgan fingerprint density at radius 1 is 0.758 bits per heavy atom. The van der Waals surface area contributed by atoms with Crippen molar-refractivity contribution in [3.8, 4) is 17.2 Å². The summed E-state index contributed by atoms with van der Waals surface area (Å²) in [6, 6.07) is 14.3. The van der Waals surface area contributed by atoms with Crippen LogP contribution in [0.5, 0.6) is 17.2 Å². The van der Waals surface area contributed by atoms with E-state index in [2.05, 4.69) is 13.2 Å². The maximum atomic E-state index is 11.0. The first kappa shape index (κ1) is 25.6. The van der Waals surface area contributed by atoms with Crippen LogP contribution in [0.25, 0.3) is 0 Å². The first-order valence-electron chi connectivity index (χ1n) is 10.3. The topological polar surface area (TPSA) is 112 Å². The van der Waals surface area contributed by atoms with Gasteiger partial charge >= 0.3 is 11.9 Å². The predicted octanol–water partition coefficient (Wildman–Crippen LogP) is 2.97. The number of carbonyl (C=O) groups excluding carboxylic acids is 2. The molecule has 0 bridgehead atoms. The fourth-order valence-electron chi connectivity index (χ4n) is 2.60. The van der Waals surface area contributed by atoms with Gasteiger partial charge in [0.2, 0.25) is 0 Å². The minimum absolute atomic E-state index is 0.0303. The lowest BCUT2D eigenvalue weighted by Crippen LogP contribution is -2.24. The summed E-state index contributed by atoms with van der Waals surface area (Å²) in [5, 5.41) is 19.6. The van der Waals surface area contributed by atoms with Crippen LogP contribution in [-0.2, 0) is 25.5 Å². The van der Waals surface area contributed by atoms with Crippen molar-refractivity contribution < 1.29 is 38.7 Å². The Morgan fingerprint density at radius 2 is 1.24 bits per heavy atom. The highest BCUT2D eigenvalue weighted by Crippen LogP contribution is 2.24. The maximum absolute atomic E-state index is 11.0. The third-order valence-electron chi connectivity index (χ3n) is 4.36. The van der Waals surface area contributed by atoms with Crippen molar-refractivity contribution in [2.24, 2.45) is 0 Å². The quantitative estimate of drug-likeness (QED) is 0.330. The van der Waals surface area contributed by atoms with E-state index in [1.165, 1.54) is 0 Å². The van der Waals surface area contributed by atoms with Gasteiger partial charge in [0, 0.05) is 12.2 Å². The van der Waals surface area contributed by atoms with Gasteiger partial charge in [0.1, 0.15) is 43.2 Å². The number of benzene rings is 2. The number of aryl methyl sites for hydroxylation is 1. The summed E-state index contributed by atoms with van der Waals surface area (Å²) in [4.78, 5) is 22.0. The van der Waals surface area contributed by atoms with Gasteiger partial charge in [-0.05, 0) is 54.8 Å². The Balaban J connectivity index is 1.74. The van der Waals surface area contributed by atoms with Crippen LogP contribution in [0, 0.1) is 0 Å². The molecule has 2 rings (SSSR count). The van der Waals surface area contributed by atoms with Crippen LogP contribution < -0.4 is 9.47 Å². The minimum Gasteiger partial charge on any atom is -0.491 e. The molecule has 0 amide bonds. The standard InChI is InChI=1S/C25H28O8/c1-3-24(28)31-15-19(26)8-5-18-6-9-22(10-7-18)33-23-13-11-21(12-14-23)30-16-20(27)17-32-25(29)4-2/h3-4,6-7,9-14,19-20,26-27H,1-2,5,8,15-17H2. The zero-order valence-electron chi connectivity index (χ0n) is 18.2. The molecule has 0 aliphatic carbocycles. The molecule has 0 saturated heterocycles. The number of esters is 2.